The van der Waals surface area contributed by atoms with Crippen molar-refractivity contribution in [1.29, 1.82) is 0 Å². The third kappa shape index (κ3) is 4.07. The number of ether oxygens (including phenoxy) is 1. The molecule has 0 radical (unpaired) electrons. The predicted octanol–water partition coefficient (Wildman–Crippen LogP) is 2.26. The topological polar surface area (TPSA) is 68.3 Å². The number of carbonyl (C=O) groups excluding carboxylic acids is 2. The van der Waals surface area contributed by atoms with Gasteiger partial charge in [-0.2, -0.15) is 0 Å². The molecule has 0 bridgehead atoms. The van der Waals surface area contributed by atoms with Crippen LogP contribution in [-0.4, -0.2) is 30.0 Å². The minimum absolute atomic E-state index is 0.103. The molecule has 1 aromatic carbocycles. The first-order valence-corrected chi connectivity index (χ1v) is 7.30. The number of hydrogen-bond donors (Lipinski definition) is 1. The van der Waals surface area contributed by atoms with E-state index in [4.69, 9.17) is 11.2 Å². The van der Waals surface area contributed by atoms with E-state index in [9.17, 15) is 9.59 Å². The van der Waals surface area contributed by atoms with E-state index in [-0.39, 0.29) is 19.1 Å². The smallest absolute Gasteiger partial charge is 0.339 e. The van der Waals surface area contributed by atoms with Crippen molar-refractivity contribution >= 4 is 22.8 Å². The first-order valence-electron chi connectivity index (χ1n) is 7.30. The van der Waals surface area contributed by atoms with E-state index < -0.39 is 11.9 Å². The molecule has 1 N–H and O–H groups in total. The zero-order chi connectivity index (χ0) is 16.8. The monoisotopic (exact) mass is 310 g/mol. The van der Waals surface area contributed by atoms with E-state index in [0.717, 1.165) is 11.2 Å². The number of carbonyl (C=O) groups is 2. The van der Waals surface area contributed by atoms with Crippen molar-refractivity contribution in [2.75, 3.05) is 13.2 Å². The van der Waals surface area contributed by atoms with E-state index in [2.05, 4.69) is 16.2 Å². The lowest BCUT2D eigenvalue weighted by molar-refractivity contribution is -0.123. The summed E-state index contributed by atoms with van der Waals surface area (Å²) in [5.74, 6) is 1.47. The highest BCUT2D eigenvalue weighted by molar-refractivity contribution is 6.04. The summed E-state index contributed by atoms with van der Waals surface area (Å²) in [6, 6.07) is 9.06. The molecule has 1 heterocycles. The Morgan fingerprint density at radius 3 is 2.78 bits per heavy atom. The number of esters is 1. The SMILES string of the molecule is C#CCNC(=O)COC(=O)c1cc(C(C)C)nc2ccccc12. The van der Waals surface area contributed by atoms with Crippen LogP contribution in [0.4, 0.5) is 0 Å². The van der Waals surface area contributed by atoms with Crippen molar-refractivity contribution in [3.63, 3.8) is 0 Å². The quantitative estimate of drug-likeness (QED) is 0.679. The summed E-state index contributed by atoms with van der Waals surface area (Å²) in [6.45, 7) is 3.74. The molecule has 0 saturated carbocycles. The molecule has 0 atom stereocenters. The number of fused-ring (bicyclic) bond motifs is 1. The molecule has 23 heavy (non-hydrogen) atoms. The number of amides is 1. The number of aromatic nitrogens is 1. The lowest BCUT2D eigenvalue weighted by atomic mass is 10.0. The fourth-order valence-corrected chi connectivity index (χ4v) is 2.07. The molecular formula is C18H18N2O3. The van der Waals surface area contributed by atoms with Crippen LogP contribution in [0.25, 0.3) is 10.9 Å². The predicted molar refractivity (Wildman–Crippen MR) is 88.0 cm³/mol. The standard InChI is InChI=1S/C18H18N2O3/c1-4-9-19-17(21)11-23-18(22)14-10-16(12(2)3)20-15-8-6-5-7-13(14)15/h1,5-8,10,12H,9,11H2,2-3H3,(H,19,21). The number of nitrogens with zero attached hydrogens (tertiary/aromatic N) is 1. The molecule has 0 fully saturated rings. The second kappa shape index (κ2) is 7.41. The highest BCUT2D eigenvalue weighted by atomic mass is 16.5. The fourth-order valence-electron chi connectivity index (χ4n) is 2.07. The Hall–Kier alpha value is -2.87. The number of para-hydroxylation sites is 1. The third-order valence-corrected chi connectivity index (χ3v) is 3.27. The summed E-state index contributed by atoms with van der Waals surface area (Å²) in [5.41, 5.74) is 1.93. The summed E-state index contributed by atoms with van der Waals surface area (Å²) in [4.78, 5) is 28.4. The van der Waals surface area contributed by atoms with Crippen LogP contribution in [0.1, 0.15) is 35.8 Å². The molecule has 0 spiro atoms. The number of rotatable bonds is 5. The molecule has 2 rings (SSSR count). The fraction of sp³-hybridized carbons (Fsp3) is 0.278. The maximum Gasteiger partial charge on any atom is 0.339 e. The molecule has 1 aromatic heterocycles. The second-order valence-corrected chi connectivity index (χ2v) is 5.32. The van der Waals surface area contributed by atoms with E-state index in [1.165, 1.54) is 0 Å². The maximum atomic E-state index is 12.3. The first kappa shape index (κ1) is 16.5. The summed E-state index contributed by atoms with van der Waals surface area (Å²) in [7, 11) is 0. The van der Waals surface area contributed by atoms with Gasteiger partial charge in [0.15, 0.2) is 6.61 Å². The number of terminal acetylenes is 1. The van der Waals surface area contributed by atoms with Gasteiger partial charge in [-0.05, 0) is 18.1 Å². The second-order valence-electron chi connectivity index (χ2n) is 5.32. The third-order valence-electron chi connectivity index (χ3n) is 3.27. The lowest BCUT2D eigenvalue weighted by Crippen LogP contribution is -2.29. The normalized spacial score (nSPS) is 10.3. The molecule has 0 aliphatic heterocycles. The van der Waals surface area contributed by atoms with Gasteiger partial charge in [0.05, 0.1) is 17.6 Å². The van der Waals surface area contributed by atoms with Gasteiger partial charge in [0.2, 0.25) is 0 Å². The van der Waals surface area contributed by atoms with E-state index >= 15 is 0 Å². The molecule has 0 aliphatic rings. The van der Waals surface area contributed by atoms with Crippen LogP contribution >= 0.6 is 0 Å². The number of benzene rings is 1. The van der Waals surface area contributed by atoms with Crippen LogP contribution < -0.4 is 5.32 Å². The molecule has 118 valence electrons. The molecular weight excluding hydrogens is 292 g/mol. The molecule has 0 unspecified atom stereocenters. The number of nitrogens with one attached hydrogen (secondary N) is 1. The Morgan fingerprint density at radius 1 is 1.35 bits per heavy atom. The van der Waals surface area contributed by atoms with Crippen LogP contribution in [-0.2, 0) is 9.53 Å². The highest BCUT2D eigenvalue weighted by Crippen LogP contribution is 2.23. The van der Waals surface area contributed by atoms with Gasteiger partial charge in [-0.3, -0.25) is 9.78 Å². The molecule has 5 nitrogen and oxygen atoms in total. The Morgan fingerprint density at radius 2 is 2.09 bits per heavy atom. The Bertz CT molecular complexity index is 775. The summed E-state index contributed by atoms with van der Waals surface area (Å²) < 4.78 is 5.08. The van der Waals surface area contributed by atoms with Crippen LogP contribution in [0, 0.1) is 12.3 Å². The van der Waals surface area contributed by atoms with E-state index in [0.29, 0.717) is 10.9 Å². The largest absolute Gasteiger partial charge is 0.452 e. The van der Waals surface area contributed by atoms with Crippen LogP contribution in [0.15, 0.2) is 30.3 Å². The zero-order valence-electron chi connectivity index (χ0n) is 13.1. The van der Waals surface area contributed by atoms with Crippen LogP contribution in [0.3, 0.4) is 0 Å². The van der Waals surface area contributed by atoms with Crippen molar-refractivity contribution in [3.8, 4) is 12.3 Å². The lowest BCUT2D eigenvalue weighted by Gasteiger charge is -2.11. The van der Waals surface area contributed by atoms with Gasteiger partial charge in [-0.25, -0.2) is 4.79 Å². The molecule has 0 saturated heterocycles. The van der Waals surface area contributed by atoms with E-state index in [1.807, 2.05) is 32.0 Å². The first-order chi connectivity index (χ1) is 11.0. The molecule has 0 aliphatic carbocycles. The van der Waals surface area contributed by atoms with Crippen LogP contribution in [0.5, 0.6) is 0 Å². The van der Waals surface area contributed by atoms with Crippen LogP contribution in [0.2, 0.25) is 0 Å². The van der Waals surface area contributed by atoms with Crippen molar-refractivity contribution in [1.82, 2.24) is 10.3 Å². The van der Waals surface area contributed by atoms with Crippen molar-refractivity contribution in [2.45, 2.75) is 19.8 Å². The highest BCUT2D eigenvalue weighted by Gasteiger charge is 2.16. The Labute approximate surface area is 135 Å². The average Bonchev–Trinajstić information content (AvgIpc) is 2.56. The van der Waals surface area contributed by atoms with Gasteiger partial charge in [-0.15, -0.1) is 6.42 Å². The summed E-state index contributed by atoms with van der Waals surface area (Å²) in [5, 5.41) is 3.14. The van der Waals surface area contributed by atoms with Crippen molar-refractivity contribution in [3.05, 3.63) is 41.6 Å². The van der Waals surface area contributed by atoms with Gasteiger partial charge in [0, 0.05) is 11.1 Å². The van der Waals surface area contributed by atoms with Gasteiger partial charge in [-0.1, -0.05) is 38.0 Å². The van der Waals surface area contributed by atoms with Gasteiger partial charge in [0.25, 0.3) is 5.91 Å². The molecule has 5 heteroatoms. The number of pyridine rings is 1. The minimum atomic E-state index is -0.554. The van der Waals surface area contributed by atoms with Crippen molar-refractivity contribution in [2.24, 2.45) is 0 Å². The maximum absolute atomic E-state index is 12.3. The Kier molecular flexibility index (Phi) is 5.32. The Balaban J connectivity index is 2.25. The summed E-state index contributed by atoms with van der Waals surface area (Å²) >= 11 is 0. The average molecular weight is 310 g/mol. The molecule has 1 amide bonds. The number of hydrogen-bond acceptors (Lipinski definition) is 4. The molecule has 2 aromatic rings. The van der Waals surface area contributed by atoms with Crippen molar-refractivity contribution < 1.29 is 14.3 Å². The van der Waals surface area contributed by atoms with Gasteiger partial charge in [0.1, 0.15) is 0 Å². The van der Waals surface area contributed by atoms with Gasteiger partial charge < -0.3 is 10.1 Å². The zero-order valence-corrected chi connectivity index (χ0v) is 13.1. The van der Waals surface area contributed by atoms with E-state index in [1.54, 1.807) is 12.1 Å². The minimum Gasteiger partial charge on any atom is -0.452 e. The summed E-state index contributed by atoms with van der Waals surface area (Å²) in [6.07, 6.45) is 5.05. The van der Waals surface area contributed by atoms with Gasteiger partial charge >= 0.3 is 5.97 Å².